The van der Waals surface area contributed by atoms with E-state index in [1.807, 2.05) is 0 Å². The van der Waals surface area contributed by atoms with Crippen molar-refractivity contribution in [1.82, 2.24) is 0 Å². The van der Waals surface area contributed by atoms with Gasteiger partial charge >= 0.3 is 0 Å². The van der Waals surface area contributed by atoms with E-state index in [0.717, 1.165) is 19.4 Å². The Kier molecular flexibility index (Phi) is 7.01. The van der Waals surface area contributed by atoms with E-state index in [-0.39, 0.29) is 0 Å². The molecule has 0 aromatic rings. The van der Waals surface area contributed by atoms with Crippen molar-refractivity contribution < 1.29 is 0 Å². The van der Waals surface area contributed by atoms with Gasteiger partial charge in [0.2, 0.25) is 0 Å². The summed E-state index contributed by atoms with van der Waals surface area (Å²) in [4.78, 5) is 0. The molecule has 0 aliphatic heterocycles. The number of allylic oxidation sites excluding steroid dienone is 8. The highest BCUT2D eigenvalue weighted by molar-refractivity contribution is 5.36. The Morgan fingerprint density at radius 3 is 2.75 bits per heavy atom. The zero-order valence-corrected chi connectivity index (χ0v) is 13.7. The van der Waals surface area contributed by atoms with Crippen LogP contribution < -0.4 is 5.73 Å². The van der Waals surface area contributed by atoms with Gasteiger partial charge in [0, 0.05) is 0 Å². The second kappa shape index (κ2) is 8.26. The van der Waals surface area contributed by atoms with Crippen LogP contribution in [0.5, 0.6) is 0 Å². The van der Waals surface area contributed by atoms with Gasteiger partial charge in [-0.2, -0.15) is 0 Å². The smallest absolute Gasteiger partial charge is 0.00743 e. The lowest BCUT2D eigenvalue weighted by Crippen LogP contribution is -2.19. The minimum absolute atomic E-state index is 0.329. The van der Waals surface area contributed by atoms with E-state index in [0.29, 0.717) is 5.41 Å². The number of hydrogen-bond acceptors (Lipinski definition) is 1. The molecule has 0 heterocycles. The van der Waals surface area contributed by atoms with Crippen molar-refractivity contribution in [3.8, 4) is 0 Å². The van der Waals surface area contributed by atoms with Crippen LogP contribution in [-0.2, 0) is 0 Å². The molecule has 0 bridgehead atoms. The van der Waals surface area contributed by atoms with Crippen molar-refractivity contribution in [2.24, 2.45) is 11.1 Å². The standard InChI is InChI=1S/C19H31N/c1-16(10-7-5-6-8-15-20)12-13-18-17(2)11-9-14-19(18,3)4/h5,7,10,12-13H,6,8-9,11,14-15,20H2,1-4H3/b7-5+,13-12+,16-10+. The molecule has 0 fully saturated rings. The molecule has 0 spiro atoms. The van der Waals surface area contributed by atoms with Gasteiger partial charge in [0.15, 0.2) is 0 Å². The van der Waals surface area contributed by atoms with Crippen LogP contribution in [-0.4, -0.2) is 6.54 Å². The SMILES string of the molecule is CC1=C(/C=C/C(C)=C/C=C/CCCN)C(C)(C)CCC1. The van der Waals surface area contributed by atoms with Crippen LogP contribution in [0.4, 0.5) is 0 Å². The summed E-state index contributed by atoms with van der Waals surface area (Å²) < 4.78 is 0. The molecule has 0 unspecified atom stereocenters. The van der Waals surface area contributed by atoms with E-state index < -0.39 is 0 Å². The van der Waals surface area contributed by atoms with Gasteiger partial charge in [0.05, 0.1) is 0 Å². The molecule has 1 nitrogen and oxygen atoms in total. The molecule has 0 aromatic heterocycles. The first-order valence-electron chi connectivity index (χ1n) is 7.89. The Labute approximate surface area is 125 Å². The fourth-order valence-electron chi connectivity index (χ4n) is 2.83. The first kappa shape index (κ1) is 17.0. The second-order valence-electron chi connectivity index (χ2n) is 6.53. The molecule has 1 heteroatoms. The predicted octanol–water partition coefficient (Wildman–Crippen LogP) is 5.31. The Morgan fingerprint density at radius 1 is 1.35 bits per heavy atom. The Bertz CT molecular complexity index is 419. The van der Waals surface area contributed by atoms with Gasteiger partial charge < -0.3 is 5.73 Å². The van der Waals surface area contributed by atoms with Gasteiger partial charge in [-0.3, -0.25) is 0 Å². The van der Waals surface area contributed by atoms with Crippen LogP contribution >= 0.6 is 0 Å². The highest BCUT2D eigenvalue weighted by Gasteiger charge is 2.26. The lowest BCUT2D eigenvalue weighted by molar-refractivity contribution is 0.377. The van der Waals surface area contributed by atoms with Crippen molar-refractivity contribution in [2.75, 3.05) is 6.54 Å². The summed E-state index contributed by atoms with van der Waals surface area (Å²) >= 11 is 0. The molecule has 0 aromatic carbocycles. The van der Waals surface area contributed by atoms with Crippen molar-refractivity contribution in [2.45, 2.75) is 59.8 Å². The number of unbranched alkanes of at least 4 members (excludes halogenated alkanes) is 1. The van der Waals surface area contributed by atoms with E-state index in [9.17, 15) is 0 Å². The summed E-state index contributed by atoms with van der Waals surface area (Å²) in [5.41, 5.74) is 10.2. The van der Waals surface area contributed by atoms with Crippen LogP contribution in [0.3, 0.4) is 0 Å². The third-order valence-electron chi connectivity index (χ3n) is 4.13. The molecule has 1 aliphatic carbocycles. The summed E-state index contributed by atoms with van der Waals surface area (Å²) in [5.74, 6) is 0. The van der Waals surface area contributed by atoms with E-state index in [4.69, 9.17) is 5.73 Å². The van der Waals surface area contributed by atoms with Crippen LogP contribution in [0.25, 0.3) is 0 Å². The Morgan fingerprint density at radius 2 is 2.10 bits per heavy atom. The normalized spacial score (nSPS) is 20.4. The molecule has 112 valence electrons. The third-order valence-corrected chi connectivity index (χ3v) is 4.13. The molecular formula is C19H31N. The van der Waals surface area contributed by atoms with Crippen LogP contribution in [0, 0.1) is 5.41 Å². The zero-order valence-electron chi connectivity index (χ0n) is 13.7. The predicted molar refractivity (Wildman–Crippen MR) is 90.7 cm³/mol. The largest absolute Gasteiger partial charge is 0.330 e. The average molecular weight is 273 g/mol. The quantitative estimate of drug-likeness (QED) is 0.515. The Balaban J connectivity index is 2.66. The van der Waals surface area contributed by atoms with Gasteiger partial charge in [-0.05, 0) is 63.5 Å². The summed E-state index contributed by atoms with van der Waals surface area (Å²) in [5, 5.41) is 0. The van der Waals surface area contributed by atoms with Gasteiger partial charge in [-0.15, -0.1) is 0 Å². The maximum Gasteiger partial charge on any atom is -0.00743 e. The van der Waals surface area contributed by atoms with Crippen LogP contribution in [0.1, 0.15) is 59.8 Å². The molecular weight excluding hydrogens is 242 g/mol. The zero-order chi connectivity index (χ0) is 15.0. The first-order valence-corrected chi connectivity index (χ1v) is 7.89. The fraction of sp³-hybridized carbons (Fsp3) is 0.579. The first-order chi connectivity index (χ1) is 9.47. The molecule has 20 heavy (non-hydrogen) atoms. The topological polar surface area (TPSA) is 26.0 Å². The van der Waals surface area contributed by atoms with Gasteiger partial charge in [-0.25, -0.2) is 0 Å². The van der Waals surface area contributed by atoms with Crippen molar-refractivity contribution in [3.63, 3.8) is 0 Å². The fourth-order valence-corrected chi connectivity index (χ4v) is 2.83. The maximum absolute atomic E-state index is 5.47. The lowest BCUT2D eigenvalue weighted by Gasteiger charge is -2.32. The number of nitrogens with two attached hydrogens (primary N) is 1. The molecule has 0 saturated carbocycles. The molecule has 0 atom stereocenters. The maximum atomic E-state index is 5.47. The van der Waals surface area contributed by atoms with Gasteiger partial charge in [0.1, 0.15) is 0 Å². The summed E-state index contributed by atoms with van der Waals surface area (Å²) in [7, 11) is 0. The minimum atomic E-state index is 0.329. The molecule has 0 radical (unpaired) electrons. The van der Waals surface area contributed by atoms with Crippen molar-refractivity contribution >= 4 is 0 Å². The van der Waals surface area contributed by atoms with Gasteiger partial charge in [-0.1, -0.05) is 55.4 Å². The van der Waals surface area contributed by atoms with E-state index >= 15 is 0 Å². The average Bonchev–Trinajstić information content (AvgIpc) is 2.37. The lowest BCUT2D eigenvalue weighted by atomic mass is 9.72. The Hall–Kier alpha value is -1.08. The number of hydrogen-bond donors (Lipinski definition) is 1. The second-order valence-corrected chi connectivity index (χ2v) is 6.53. The van der Waals surface area contributed by atoms with E-state index in [2.05, 4.69) is 58.1 Å². The summed E-state index contributed by atoms with van der Waals surface area (Å²) in [6.45, 7) is 9.94. The molecule has 1 rings (SSSR count). The summed E-state index contributed by atoms with van der Waals surface area (Å²) in [6.07, 6.45) is 17.1. The molecule has 0 amide bonds. The third kappa shape index (κ3) is 5.50. The highest BCUT2D eigenvalue weighted by atomic mass is 14.5. The monoisotopic (exact) mass is 273 g/mol. The molecule has 2 N–H and O–H groups in total. The highest BCUT2D eigenvalue weighted by Crippen LogP contribution is 2.40. The number of rotatable bonds is 6. The van der Waals surface area contributed by atoms with Crippen molar-refractivity contribution in [3.05, 3.63) is 47.1 Å². The minimum Gasteiger partial charge on any atom is -0.330 e. The molecule has 0 saturated heterocycles. The molecule has 1 aliphatic rings. The van der Waals surface area contributed by atoms with E-state index in [1.165, 1.54) is 30.4 Å². The van der Waals surface area contributed by atoms with Crippen LogP contribution in [0.15, 0.2) is 47.1 Å². The van der Waals surface area contributed by atoms with Crippen molar-refractivity contribution in [1.29, 1.82) is 0 Å². The van der Waals surface area contributed by atoms with Crippen LogP contribution in [0.2, 0.25) is 0 Å². The van der Waals surface area contributed by atoms with E-state index in [1.54, 1.807) is 5.57 Å². The van der Waals surface area contributed by atoms with Gasteiger partial charge in [0.25, 0.3) is 0 Å². The summed E-state index contributed by atoms with van der Waals surface area (Å²) in [6, 6.07) is 0.